The van der Waals surface area contributed by atoms with Gasteiger partial charge in [-0.25, -0.2) is 4.41 Å². The van der Waals surface area contributed by atoms with Crippen molar-refractivity contribution in [2.24, 2.45) is 10.3 Å². The van der Waals surface area contributed by atoms with Gasteiger partial charge in [-0.15, -0.1) is 0 Å². The first-order valence-corrected chi connectivity index (χ1v) is 6.24. The van der Waals surface area contributed by atoms with Gasteiger partial charge in [-0.2, -0.15) is 4.40 Å². The van der Waals surface area contributed by atoms with Gasteiger partial charge >= 0.3 is 0 Å². The van der Waals surface area contributed by atoms with E-state index in [1.54, 1.807) is 0 Å². The normalized spacial score (nSPS) is 20.3. The molecule has 2 rings (SSSR count). The van der Waals surface area contributed by atoms with Crippen LogP contribution in [-0.4, -0.2) is 11.7 Å². The molecule has 0 radical (unpaired) electrons. The number of rotatable bonds is 2. The predicted octanol–water partition coefficient (Wildman–Crippen LogP) is 2.60. The maximum Gasteiger partial charge on any atom is 0.133 e. The van der Waals surface area contributed by atoms with E-state index in [1.165, 1.54) is 0 Å². The summed E-state index contributed by atoms with van der Waals surface area (Å²) in [5.41, 5.74) is 4.40. The monoisotopic (exact) mass is 221 g/mol. The summed E-state index contributed by atoms with van der Waals surface area (Å²) in [6.45, 7) is 4.25. The van der Waals surface area contributed by atoms with E-state index >= 15 is 0 Å². The Kier molecular flexibility index (Phi) is 2.77. The Labute approximate surface area is 93.0 Å². The molecular formula is C11H15N3S. The molecule has 3 nitrogen and oxygen atoms in total. The SMILES string of the molecule is C=S1N=C(C(C)C)NN1c1ccccc1. The van der Waals surface area contributed by atoms with Crippen molar-refractivity contribution in [2.75, 3.05) is 4.41 Å². The van der Waals surface area contributed by atoms with Gasteiger partial charge in [-0.05, 0) is 18.0 Å². The molecule has 4 heteroatoms. The number of benzene rings is 1. The van der Waals surface area contributed by atoms with E-state index < -0.39 is 0 Å². The topological polar surface area (TPSA) is 27.6 Å². The van der Waals surface area contributed by atoms with Crippen LogP contribution in [-0.2, 0) is 0 Å². The van der Waals surface area contributed by atoms with Gasteiger partial charge in [0.2, 0.25) is 0 Å². The van der Waals surface area contributed by atoms with E-state index in [9.17, 15) is 0 Å². The highest BCUT2D eigenvalue weighted by atomic mass is 32.2. The summed E-state index contributed by atoms with van der Waals surface area (Å²) in [5, 5.41) is 0. The first kappa shape index (κ1) is 10.2. The van der Waals surface area contributed by atoms with Crippen molar-refractivity contribution < 1.29 is 0 Å². The highest BCUT2D eigenvalue weighted by Gasteiger charge is 2.20. The van der Waals surface area contributed by atoms with Crippen molar-refractivity contribution >= 4 is 28.2 Å². The minimum atomic E-state index is -0.352. The summed E-state index contributed by atoms with van der Waals surface area (Å²) >= 11 is 0. The zero-order valence-electron chi connectivity index (χ0n) is 8.97. The number of nitrogens with zero attached hydrogens (tertiary/aromatic N) is 2. The lowest BCUT2D eigenvalue weighted by Gasteiger charge is -2.19. The fraction of sp³-hybridized carbons (Fsp3) is 0.273. The summed E-state index contributed by atoms with van der Waals surface area (Å²) < 4.78 is 6.50. The van der Waals surface area contributed by atoms with Crippen LogP contribution < -0.4 is 9.84 Å². The van der Waals surface area contributed by atoms with E-state index in [0.717, 1.165) is 11.5 Å². The van der Waals surface area contributed by atoms with Gasteiger partial charge in [0, 0.05) is 16.8 Å². The average molecular weight is 221 g/mol. The Hall–Kier alpha value is -1.29. The highest BCUT2D eigenvalue weighted by Crippen LogP contribution is 2.30. The van der Waals surface area contributed by atoms with Crippen molar-refractivity contribution in [1.29, 1.82) is 0 Å². The van der Waals surface area contributed by atoms with Gasteiger partial charge in [0.1, 0.15) is 5.84 Å². The molecule has 1 aliphatic heterocycles. The lowest BCUT2D eigenvalue weighted by Crippen LogP contribution is -2.35. The first-order chi connectivity index (χ1) is 7.18. The summed E-state index contributed by atoms with van der Waals surface area (Å²) in [7, 11) is -0.352. The zero-order valence-corrected chi connectivity index (χ0v) is 9.79. The molecule has 80 valence electrons. The Morgan fingerprint density at radius 3 is 2.53 bits per heavy atom. The molecule has 1 atom stereocenters. The summed E-state index contributed by atoms with van der Waals surface area (Å²) in [6.07, 6.45) is 0. The number of para-hydroxylation sites is 1. The summed E-state index contributed by atoms with van der Waals surface area (Å²) in [4.78, 5) is 0. The van der Waals surface area contributed by atoms with E-state index in [0.29, 0.717) is 5.92 Å². The van der Waals surface area contributed by atoms with E-state index in [-0.39, 0.29) is 10.9 Å². The number of nitrogens with one attached hydrogen (secondary N) is 1. The standard InChI is InChI=1S/C11H15N3S/c1-9(2)11-12-14(15(3)13-11)10-7-5-4-6-8-10/h4-9H,3H2,1-2H3,(H,12,13). The molecule has 1 aromatic carbocycles. The lowest BCUT2D eigenvalue weighted by atomic mass is 10.2. The summed E-state index contributed by atoms with van der Waals surface area (Å²) in [6, 6.07) is 10.1. The fourth-order valence-electron chi connectivity index (χ4n) is 1.32. The van der Waals surface area contributed by atoms with E-state index in [1.807, 2.05) is 22.6 Å². The Morgan fingerprint density at radius 1 is 1.33 bits per heavy atom. The quantitative estimate of drug-likeness (QED) is 0.777. The van der Waals surface area contributed by atoms with Gasteiger partial charge in [0.15, 0.2) is 0 Å². The Morgan fingerprint density at radius 2 is 2.00 bits per heavy atom. The molecule has 0 saturated carbocycles. The van der Waals surface area contributed by atoms with Crippen LogP contribution in [0.15, 0.2) is 34.7 Å². The van der Waals surface area contributed by atoms with Gasteiger partial charge < -0.3 is 0 Å². The van der Waals surface area contributed by atoms with Crippen molar-refractivity contribution in [3.05, 3.63) is 30.3 Å². The number of amidine groups is 1. The lowest BCUT2D eigenvalue weighted by molar-refractivity contribution is 0.830. The molecule has 0 aromatic heterocycles. The average Bonchev–Trinajstić information content (AvgIpc) is 2.62. The third-order valence-electron chi connectivity index (χ3n) is 2.17. The van der Waals surface area contributed by atoms with Crippen molar-refractivity contribution in [3.8, 4) is 0 Å². The van der Waals surface area contributed by atoms with Gasteiger partial charge in [-0.1, -0.05) is 32.0 Å². The largest absolute Gasteiger partial charge is 0.273 e. The van der Waals surface area contributed by atoms with E-state index in [2.05, 4.69) is 41.7 Å². The third kappa shape index (κ3) is 2.04. The maximum absolute atomic E-state index is 4.49. The minimum absolute atomic E-state index is 0.352. The second-order valence-electron chi connectivity index (χ2n) is 3.71. The van der Waals surface area contributed by atoms with Crippen LogP contribution >= 0.6 is 10.9 Å². The van der Waals surface area contributed by atoms with Crippen LogP contribution in [0.1, 0.15) is 13.8 Å². The molecule has 1 aliphatic rings. The number of hydrazine groups is 1. The van der Waals surface area contributed by atoms with Crippen LogP contribution in [0.2, 0.25) is 0 Å². The first-order valence-electron chi connectivity index (χ1n) is 4.93. The molecule has 0 fully saturated rings. The van der Waals surface area contributed by atoms with Crippen molar-refractivity contribution in [1.82, 2.24) is 5.43 Å². The zero-order chi connectivity index (χ0) is 10.8. The molecule has 1 unspecified atom stereocenters. The molecule has 1 heterocycles. The number of hydrogen-bond donors (Lipinski definition) is 1. The third-order valence-corrected chi connectivity index (χ3v) is 3.30. The van der Waals surface area contributed by atoms with Crippen LogP contribution in [0.5, 0.6) is 0 Å². The second kappa shape index (κ2) is 4.06. The molecule has 0 amide bonds. The van der Waals surface area contributed by atoms with Gasteiger partial charge in [0.05, 0.1) is 5.69 Å². The molecule has 1 N–H and O–H groups in total. The molecular weight excluding hydrogens is 206 g/mol. The summed E-state index contributed by atoms with van der Waals surface area (Å²) in [5.74, 6) is 5.46. The van der Waals surface area contributed by atoms with Crippen LogP contribution in [0, 0.1) is 5.92 Å². The molecule has 0 bridgehead atoms. The van der Waals surface area contributed by atoms with Gasteiger partial charge in [-0.3, -0.25) is 5.43 Å². The molecule has 15 heavy (non-hydrogen) atoms. The number of anilines is 1. The molecule has 0 spiro atoms. The molecule has 0 aliphatic carbocycles. The van der Waals surface area contributed by atoms with Gasteiger partial charge in [0.25, 0.3) is 0 Å². The predicted molar refractivity (Wildman–Crippen MR) is 69.0 cm³/mol. The Bertz CT molecular complexity index is 398. The smallest absolute Gasteiger partial charge is 0.133 e. The number of hydrogen-bond acceptors (Lipinski definition) is 3. The molecule has 1 aromatic rings. The van der Waals surface area contributed by atoms with Crippen LogP contribution in [0.4, 0.5) is 5.69 Å². The van der Waals surface area contributed by atoms with Crippen LogP contribution in [0.3, 0.4) is 0 Å². The second-order valence-corrected chi connectivity index (χ2v) is 4.94. The minimum Gasteiger partial charge on any atom is -0.273 e. The van der Waals surface area contributed by atoms with Crippen LogP contribution in [0.25, 0.3) is 0 Å². The van der Waals surface area contributed by atoms with Crippen molar-refractivity contribution in [3.63, 3.8) is 0 Å². The highest BCUT2D eigenvalue weighted by molar-refractivity contribution is 8.14. The van der Waals surface area contributed by atoms with E-state index in [4.69, 9.17) is 0 Å². The fourth-order valence-corrected chi connectivity index (χ4v) is 2.44. The maximum atomic E-state index is 4.49. The molecule has 0 saturated heterocycles. The Balaban J connectivity index is 2.20. The van der Waals surface area contributed by atoms with Crippen molar-refractivity contribution in [2.45, 2.75) is 13.8 Å².